The molecule has 0 bridgehead atoms. The van der Waals surface area contributed by atoms with Crippen molar-refractivity contribution in [2.75, 3.05) is 6.54 Å². The number of carbonyl (C=O) groups excluding carboxylic acids is 1. The Morgan fingerprint density at radius 1 is 1.35 bits per heavy atom. The van der Waals surface area contributed by atoms with Crippen LogP contribution in [0.5, 0.6) is 0 Å². The summed E-state index contributed by atoms with van der Waals surface area (Å²) in [5.41, 5.74) is 1.01. The summed E-state index contributed by atoms with van der Waals surface area (Å²) >= 11 is 0. The van der Waals surface area contributed by atoms with E-state index in [-0.39, 0.29) is 0 Å². The molecule has 0 saturated carbocycles. The summed E-state index contributed by atoms with van der Waals surface area (Å²) in [4.78, 5) is 11.7. The van der Waals surface area contributed by atoms with Crippen LogP contribution < -0.4 is 5.32 Å². The van der Waals surface area contributed by atoms with Crippen molar-refractivity contribution in [2.24, 2.45) is 0 Å². The second kappa shape index (κ2) is 5.27. The number of aliphatic hydroxyl groups is 1. The van der Waals surface area contributed by atoms with Gasteiger partial charge in [-0.15, -0.1) is 0 Å². The van der Waals surface area contributed by atoms with Crippen molar-refractivity contribution >= 4 is 5.91 Å². The van der Waals surface area contributed by atoms with Gasteiger partial charge in [-0.1, -0.05) is 0 Å². The molecule has 0 saturated heterocycles. The molecule has 6 heteroatoms. The van der Waals surface area contributed by atoms with Gasteiger partial charge in [-0.3, -0.25) is 4.79 Å². The second-order valence-corrected chi connectivity index (χ2v) is 3.83. The summed E-state index contributed by atoms with van der Waals surface area (Å²) in [6, 6.07) is 0. The van der Waals surface area contributed by atoms with Gasteiger partial charge in [0.2, 0.25) is 0 Å². The van der Waals surface area contributed by atoms with Crippen LogP contribution in [0.15, 0.2) is 4.42 Å². The highest BCUT2D eigenvalue weighted by atomic mass is 19.3. The number of halogens is 2. The fraction of sp³-hybridized carbons (Fsp3) is 0.545. The minimum absolute atomic E-state index is 0.337. The van der Waals surface area contributed by atoms with E-state index < -0.39 is 25.0 Å². The van der Waals surface area contributed by atoms with Gasteiger partial charge >= 0.3 is 0 Å². The van der Waals surface area contributed by atoms with Gasteiger partial charge < -0.3 is 14.8 Å². The number of aryl methyl sites for hydroxylation is 2. The lowest BCUT2D eigenvalue weighted by Gasteiger charge is -2.10. The van der Waals surface area contributed by atoms with Crippen LogP contribution in [0.4, 0.5) is 8.78 Å². The molecule has 0 fully saturated rings. The molecule has 1 amide bonds. The molecule has 17 heavy (non-hydrogen) atoms. The predicted octanol–water partition coefficient (Wildman–Crippen LogP) is 1.56. The normalized spacial score (nSPS) is 12.9. The molecule has 0 radical (unpaired) electrons. The molecule has 1 aromatic heterocycles. The van der Waals surface area contributed by atoms with Gasteiger partial charge in [-0.05, 0) is 20.8 Å². The molecule has 0 spiro atoms. The summed E-state index contributed by atoms with van der Waals surface area (Å²) in [7, 11) is 0. The number of carbonyl (C=O) groups is 1. The molecule has 1 atom stereocenters. The summed E-state index contributed by atoms with van der Waals surface area (Å²) in [5, 5.41) is 11.1. The smallest absolute Gasteiger partial charge is 0.265 e. The molecule has 1 aromatic rings. The monoisotopic (exact) mass is 247 g/mol. The molecule has 0 aliphatic rings. The molecule has 1 heterocycles. The first-order valence-electron chi connectivity index (χ1n) is 5.15. The molecule has 4 nitrogen and oxygen atoms in total. The van der Waals surface area contributed by atoms with E-state index in [2.05, 4.69) is 5.32 Å². The van der Waals surface area contributed by atoms with E-state index in [1.54, 1.807) is 20.8 Å². The average Bonchev–Trinajstić information content (AvgIpc) is 2.49. The van der Waals surface area contributed by atoms with E-state index in [0.29, 0.717) is 22.6 Å². The summed E-state index contributed by atoms with van der Waals surface area (Å²) in [6.45, 7) is 4.56. The number of aliphatic hydroxyl groups excluding tert-OH is 1. The van der Waals surface area contributed by atoms with Gasteiger partial charge in [0.1, 0.15) is 17.6 Å². The Balaban J connectivity index is 2.71. The highest BCUT2D eigenvalue weighted by molar-refractivity contribution is 5.96. The number of amides is 1. The molecule has 2 N–H and O–H groups in total. The van der Waals surface area contributed by atoms with Crippen LogP contribution in [0, 0.1) is 20.8 Å². The van der Waals surface area contributed by atoms with E-state index in [9.17, 15) is 13.6 Å². The fourth-order valence-corrected chi connectivity index (χ4v) is 1.50. The quantitative estimate of drug-likeness (QED) is 0.848. The fourth-order valence-electron chi connectivity index (χ4n) is 1.50. The minimum Gasteiger partial charge on any atom is -0.466 e. The predicted molar refractivity (Wildman–Crippen MR) is 57.3 cm³/mol. The van der Waals surface area contributed by atoms with Crippen LogP contribution in [-0.4, -0.2) is 30.1 Å². The zero-order chi connectivity index (χ0) is 13.2. The van der Waals surface area contributed by atoms with Crippen molar-refractivity contribution in [2.45, 2.75) is 33.3 Å². The van der Waals surface area contributed by atoms with Crippen molar-refractivity contribution in [1.82, 2.24) is 5.32 Å². The zero-order valence-electron chi connectivity index (χ0n) is 9.88. The molecule has 0 aliphatic heterocycles. The minimum atomic E-state index is -2.87. The number of hydrogen-bond donors (Lipinski definition) is 2. The lowest BCUT2D eigenvalue weighted by atomic mass is 10.1. The van der Waals surface area contributed by atoms with E-state index in [1.165, 1.54) is 0 Å². The second-order valence-electron chi connectivity index (χ2n) is 3.83. The lowest BCUT2D eigenvalue weighted by molar-refractivity contribution is -0.00271. The van der Waals surface area contributed by atoms with Crippen molar-refractivity contribution < 1.29 is 23.1 Å². The Labute approximate surface area is 97.6 Å². The number of rotatable bonds is 4. The first-order valence-corrected chi connectivity index (χ1v) is 5.15. The number of alkyl halides is 2. The van der Waals surface area contributed by atoms with Gasteiger partial charge in [-0.25, -0.2) is 8.78 Å². The Bertz CT molecular complexity index is 415. The van der Waals surface area contributed by atoms with Crippen LogP contribution in [0.25, 0.3) is 0 Å². The first-order chi connectivity index (χ1) is 7.84. The summed E-state index contributed by atoms with van der Waals surface area (Å²) in [6.07, 6.45) is -4.73. The summed E-state index contributed by atoms with van der Waals surface area (Å²) in [5.74, 6) is 0.530. The average molecular weight is 247 g/mol. The van der Waals surface area contributed by atoms with Gasteiger partial charge in [0.15, 0.2) is 0 Å². The van der Waals surface area contributed by atoms with Crippen molar-refractivity contribution in [3.05, 3.63) is 22.6 Å². The van der Waals surface area contributed by atoms with Gasteiger partial charge in [-0.2, -0.15) is 0 Å². The highest BCUT2D eigenvalue weighted by Gasteiger charge is 2.21. The summed E-state index contributed by atoms with van der Waals surface area (Å²) < 4.78 is 29.3. The third kappa shape index (κ3) is 3.03. The Morgan fingerprint density at radius 3 is 2.35 bits per heavy atom. The van der Waals surface area contributed by atoms with Gasteiger partial charge in [0.25, 0.3) is 12.3 Å². The van der Waals surface area contributed by atoms with E-state index in [0.717, 1.165) is 0 Å². The zero-order valence-corrected chi connectivity index (χ0v) is 9.88. The van der Waals surface area contributed by atoms with Crippen LogP contribution in [0.2, 0.25) is 0 Å². The molecule has 0 aromatic carbocycles. The third-order valence-corrected chi connectivity index (χ3v) is 2.55. The van der Waals surface area contributed by atoms with Crippen molar-refractivity contribution in [1.29, 1.82) is 0 Å². The standard InChI is InChI=1S/C11H15F2NO3/c1-5-6(2)17-7(3)9(5)11(16)14-4-8(15)10(12)13/h8,10,15H,4H2,1-3H3,(H,14,16). The Morgan fingerprint density at radius 2 is 1.94 bits per heavy atom. The first kappa shape index (κ1) is 13.6. The van der Waals surface area contributed by atoms with E-state index in [4.69, 9.17) is 9.52 Å². The maximum atomic E-state index is 12.0. The molecular weight excluding hydrogens is 232 g/mol. The third-order valence-electron chi connectivity index (χ3n) is 2.55. The number of furan rings is 1. The topological polar surface area (TPSA) is 62.5 Å². The number of nitrogens with one attached hydrogen (secondary N) is 1. The molecule has 96 valence electrons. The van der Waals surface area contributed by atoms with E-state index >= 15 is 0 Å². The van der Waals surface area contributed by atoms with Crippen molar-refractivity contribution in [3.8, 4) is 0 Å². The molecule has 1 rings (SSSR count). The van der Waals surface area contributed by atoms with Crippen LogP contribution in [0.1, 0.15) is 27.4 Å². The van der Waals surface area contributed by atoms with E-state index in [1.807, 2.05) is 0 Å². The Hall–Kier alpha value is -1.43. The van der Waals surface area contributed by atoms with Crippen LogP contribution >= 0.6 is 0 Å². The van der Waals surface area contributed by atoms with Gasteiger partial charge in [0, 0.05) is 12.1 Å². The Kier molecular flexibility index (Phi) is 4.22. The molecule has 0 aliphatic carbocycles. The highest BCUT2D eigenvalue weighted by Crippen LogP contribution is 2.20. The van der Waals surface area contributed by atoms with Crippen LogP contribution in [0.3, 0.4) is 0 Å². The SMILES string of the molecule is Cc1oc(C)c(C(=O)NCC(O)C(F)F)c1C. The molecular formula is C11H15F2NO3. The lowest BCUT2D eigenvalue weighted by Crippen LogP contribution is -2.36. The van der Waals surface area contributed by atoms with Crippen molar-refractivity contribution in [3.63, 3.8) is 0 Å². The molecule has 1 unspecified atom stereocenters. The van der Waals surface area contributed by atoms with Gasteiger partial charge in [0.05, 0.1) is 5.56 Å². The largest absolute Gasteiger partial charge is 0.466 e. The maximum Gasteiger partial charge on any atom is 0.265 e. The van der Waals surface area contributed by atoms with Crippen LogP contribution in [-0.2, 0) is 0 Å². The number of hydrogen-bond acceptors (Lipinski definition) is 3. The maximum absolute atomic E-state index is 12.0.